The van der Waals surface area contributed by atoms with Crippen LogP contribution in [0.4, 0.5) is 0 Å². The van der Waals surface area contributed by atoms with E-state index in [0.29, 0.717) is 29.8 Å². The first-order valence-electron chi connectivity index (χ1n) is 11.3. The van der Waals surface area contributed by atoms with Gasteiger partial charge in [-0.15, -0.1) is 0 Å². The summed E-state index contributed by atoms with van der Waals surface area (Å²) in [5.74, 6) is 0.880. The van der Waals surface area contributed by atoms with Crippen LogP contribution in [-0.2, 0) is 33.8 Å². The standard InChI is InChI=1S/C26H30Cl2N2O3S/c1-18(2)25-26(34-23-15-21(27)14-22(28)16-23)30(11-13-33-19(3)31)24(29-25)10-7-12-32-17-20-8-5-4-6-9-20/h4-6,8-9,14-16,18H,7,10-13,17H2,1-3H3. The van der Waals surface area contributed by atoms with Gasteiger partial charge in [0.15, 0.2) is 0 Å². The molecule has 0 aliphatic heterocycles. The van der Waals surface area contributed by atoms with Gasteiger partial charge in [0.25, 0.3) is 0 Å². The molecule has 1 aromatic heterocycles. The van der Waals surface area contributed by atoms with E-state index in [2.05, 4.69) is 30.5 Å². The summed E-state index contributed by atoms with van der Waals surface area (Å²) in [5.41, 5.74) is 2.16. The van der Waals surface area contributed by atoms with Crippen molar-refractivity contribution in [3.63, 3.8) is 0 Å². The average molecular weight is 522 g/mol. The molecule has 0 unspecified atom stereocenters. The molecular weight excluding hydrogens is 491 g/mol. The lowest BCUT2D eigenvalue weighted by Crippen LogP contribution is -2.13. The Bertz CT molecular complexity index is 1070. The zero-order valence-electron chi connectivity index (χ0n) is 19.7. The summed E-state index contributed by atoms with van der Waals surface area (Å²) in [4.78, 5) is 17.3. The lowest BCUT2D eigenvalue weighted by molar-refractivity contribution is -0.141. The summed E-state index contributed by atoms with van der Waals surface area (Å²) in [6.07, 6.45) is 1.59. The van der Waals surface area contributed by atoms with Crippen LogP contribution in [0, 0.1) is 0 Å². The topological polar surface area (TPSA) is 53.4 Å². The van der Waals surface area contributed by atoms with E-state index in [1.54, 1.807) is 17.8 Å². The Morgan fingerprint density at radius 3 is 2.44 bits per heavy atom. The molecule has 0 saturated heterocycles. The van der Waals surface area contributed by atoms with Gasteiger partial charge in [-0.2, -0.15) is 0 Å². The van der Waals surface area contributed by atoms with Gasteiger partial charge in [0.1, 0.15) is 17.5 Å². The number of rotatable bonds is 12. The Balaban J connectivity index is 1.77. The maximum Gasteiger partial charge on any atom is 0.302 e. The van der Waals surface area contributed by atoms with E-state index in [1.165, 1.54) is 6.92 Å². The Labute approximate surface area is 215 Å². The van der Waals surface area contributed by atoms with Crippen LogP contribution in [0.3, 0.4) is 0 Å². The van der Waals surface area contributed by atoms with Gasteiger partial charge < -0.3 is 14.0 Å². The maximum absolute atomic E-state index is 11.3. The number of ether oxygens (including phenoxy) is 2. The Kier molecular flexibility index (Phi) is 10.3. The van der Waals surface area contributed by atoms with Crippen molar-refractivity contribution in [2.45, 2.75) is 62.6 Å². The summed E-state index contributed by atoms with van der Waals surface area (Å²) >= 11 is 14.0. The van der Waals surface area contributed by atoms with Crippen LogP contribution in [0.2, 0.25) is 10.0 Å². The SMILES string of the molecule is CC(=O)OCCn1c(CCCOCc2ccccc2)nc(C(C)C)c1Sc1cc(Cl)cc(Cl)c1. The van der Waals surface area contributed by atoms with Gasteiger partial charge in [-0.3, -0.25) is 4.79 Å². The predicted molar refractivity (Wildman–Crippen MR) is 138 cm³/mol. The number of esters is 1. The Morgan fingerprint density at radius 1 is 1.09 bits per heavy atom. The summed E-state index contributed by atoms with van der Waals surface area (Å²) < 4.78 is 13.2. The second kappa shape index (κ2) is 13.2. The number of hydrogen-bond donors (Lipinski definition) is 0. The molecule has 8 heteroatoms. The van der Waals surface area contributed by atoms with Crippen LogP contribution >= 0.6 is 35.0 Å². The number of benzene rings is 2. The highest BCUT2D eigenvalue weighted by molar-refractivity contribution is 7.99. The van der Waals surface area contributed by atoms with Crippen molar-refractivity contribution in [3.05, 3.63) is 75.7 Å². The van der Waals surface area contributed by atoms with Crippen molar-refractivity contribution < 1.29 is 14.3 Å². The largest absolute Gasteiger partial charge is 0.464 e. The second-order valence-corrected chi connectivity index (χ2v) is 10.1. The summed E-state index contributed by atoms with van der Waals surface area (Å²) in [6, 6.07) is 15.6. The normalized spacial score (nSPS) is 11.2. The summed E-state index contributed by atoms with van der Waals surface area (Å²) in [6.45, 7) is 7.70. The lowest BCUT2D eigenvalue weighted by atomic mass is 10.1. The van der Waals surface area contributed by atoms with Gasteiger partial charge in [-0.25, -0.2) is 4.98 Å². The first-order valence-corrected chi connectivity index (χ1v) is 12.9. The smallest absolute Gasteiger partial charge is 0.302 e. The molecule has 5 nitrogen and oxygen atoms in total. The van der Waals surface area contributed by atoms with Gasteiger partial charge in [-0.05, 0) is 36.1 Å². The van der Waals surface area contributed by atoms with Crippen LogP contribution < -0.4 is 0 Å². The Hall–Kier alpha value is -1.99. The molecule has 0 radical (unpaired) electrons. The van der Waals surface area contributed by atoms with Gasteiger partial charge in [-0.1, -0.05) is 79.1 Å². The van der Waals surface area contributed by atoms with E-state index < -0.39 is 0 Å². The van der Waals surface area contributed by atoms with Gasteiger partial charge in [0.2, 0.25) is 0 Å². The number of aromatic nitrogens is 2. The van der Waals surface area contributed by atoms with Gasteiger partial charge in [0, 0.05) is 34.9 Å². The minimum atomic E-state index is -0.295. The third-order valence-electron chi connectivity index (χ3n) is 5.04. The van der Waals surface area contributed by atoms with Crippen LogP contribution in [0.5, 0.6) is 0 Å². The quantitative estimate of drug-likeness (QED) is 0.187. The highest BCUT2D eigenvalue weighted by atomic mass is 35.5. The van der Waals surface area contributed by atoms with Crippen LogP contribution in [0.25, 0.3) is 0 Å². The maximum atomic E-state index is 11.3. The summed E-state index contributed by atoms with van der Waals surface area (Å²) in [7, 11) is 0. The van der Waals surface area contributed by atoms with Crippen molar-refractivity contribution >= 4 is 40.9 Å². The van der Waals surface area contributed by atoms with Crippen LogP contribution in [-0.4, -0.2) is 28.7 Å². The van der Waals surface area contributed by atoms with Gasteiger partial charge in [0.05, 0.1) is 18.8 Å². The molecule has 0 atom stereocenters. The highest BCUT2D eigenvalue weighted by Crippen LogP contribution is 2.37. The zero-order valence-corrected chi connectivity index (χ0v) is 22.1. The molecule has 0 spiro atoms. The van der Waals surface area contributed by atoms with Crippen molar-refractivity contribution in [1.82, 2.24) is 9.55 Å². The van der Waals surface area contributed by atoms with Crippen molar-refractivity contribution in [2.75, 3.05) is 13.2 Å². The minimum Gasteiger partial charge on any atom is -0.464 e. The van der Waals surface area contributed by atoms with Crippen molar-refractivity contribution in [3.8, 4) is 0 Å². The van der Waals surface area contributed by atoms with Gasteiger partial charge >= 0.3 is 5.97 Å². The van der Waals surface area contributed by atoms with E-state index in [9.17, 15) is 4.79 Å². The number of nitrogens with zero attached hydrogens (tertiary/aromatic N) is 2. The van der Waals surface area contributed by atoms with Crippen molar-refractivity contribution in [2.24, 2.45) is 0 Å². The Morgan fingerprint density at radius 2 is 1.79 bits per heavy atom. The number of carbonyl (C=O) groups is 1. The minimum absolute atomic E-state index is 0.222. The molecular formula is C26H30Cl2N2O3S. The number of imidazole rings is 1. The third-order valence-corrected chi connectivity index (χ3v) is 6.57. The second-order valence-electron chi connectivity index (χ2n) is 8.21. The number of hydrogen-bond acceptors (Lipinski definition) is 5. The molecule has 0 amide bonds. The predicted octanol–water partition coefficient (Wildman–Crippen LogP) is 7.18. The van der Waals surface area contributed by atoms with E-state index >= 15 is 0 Å². The molecule has 1 heterocycles. The number of halogens is 2. The van der Waals surface area contributed by atoms with E-state index in [4.69, 9.17) is 37.7 Å². The fraction of sp³-hybridized carbons (Fsp3) is 0.385. The molecule has 0 saturated carbocycles. The molecule has 3 rings (SSSR count). The fourth-order valence-corrected chi connectivity index (χ4v) is 5.43. The molecule has 0 aliphatic carbocycles. The van der Waals surface area contributed by atoms with E-state index in [-0.39, 0.29) is 18.5 Å². The molecule has 0 N–H and O–H groups in total. The number of aryl methyl sites for hydroxylation is 1. The first-order chi connectivity index (χ1) is 16.3. The molecule has 182 valence electrons. The monoisotopic (exact) mass is 520 g/mol. The van der Waals surface area contributed by atoms with Crippen LogP contribution in [0.1, 0.15) is 50.2 Å². The first kappa shape index (κ1) is 26.6. The summed E-state index contributed by atoms with van der Waals surface area (Å²) in [5, 5.41) is 2.19. The van der Waals surface area contributed by atoms with E-state index in [0.717, 1.165) is 39.8 Å². The lowest BCUT2D eigenvalue weighted by Gasteiger charge is -2.14. The molecule has 0 fully saturated rings. The third kappa shape index (κ3) is 8.05. The van der Waals surface area contributed by atoms with Crippen molar-refractivity contribution in [1.29, 1.82) is 0 Å². The highest BCUT2D eigenvalue weighted by Gasteiger charge is 2.21. The van der Waals surface area contributed by atoms with E-state index in [1.807, 2.05) is 30.3 Å². The van der Waals surface area contributed by atoms with Crippen LogP contribution in [0.15, 0.2) is 58.5 Å². The molecule has 0 bridgehead atoms. The molecule has 2 aromatic carbocycles. The average Bonchev–Trinajstić information content (AvgIpc) is 3.11. The molecule has 34 heavy (non-hydrogen) atoms. The number of carbonyl (C=O) groups excluding carboxylic acids is 1. The zero-order chi connectivity index (χ0) is 24.5. The molecule has 0 aliphatic rings. The molecule has 3 aromatic rings. The fourth-order valence-electron chi connectivity index (χ4n) is 3.48.